The molecule has 2 fully saturated rings. The molecule has 0 saturated carbocycles. The lowest BCUT2D eigenvalue weighted by Crippen LogP contribution is -2.38. The molecule has 0 bridgehead atoms. The van der Waals surface area contributed by atoms with Gasteiger partial charge in [0.25, 0.3) is 11.8 Å². The first-order chi connectivity index (χ1) is 11.1. The van der Waals surface area contributed by atoms with E-state index < -0.39 is 0 Å². The number of aryl methyl sites for hydroxylation is 1. The van der Waals surface area contributed by atoms with Crippen molar-refractivity contribution in [3.63, 3.8) is 0 Å². The van der Waals surface area contributed by atoms with Crippen molar-refractivity contribution in [2.75, 3.05) is 32.8 Å². The average Bonchev–Trinajstić information content (AvgIpc) is 3.23. The number of amides is 2. The van der Waals surface area contributed by atoms with Crippen LogP contribution in [0, 0.1) is 0 Å². The van der Waals surface area contributed by atoms with E-state index in [0.29, 0.717) is 11.6 Å². The molecule has 0 aliphatic carbocycles. The summed E-state index contributed by atoms with van der Waals surface area (Å²) in [5.74, 6) is 0.395. The van der Waals surface area contributed by atoms with Gasteiger partial charge in [0.05, 0.1) is 0 Å². The van der Waals surface area contributed by atoms with Crippen LogP contribution < -0.4 is 4.74 Å². The van der Waals surface area contributed by atoms with Gasteiger partial charge in [-0.25, -0.2) is 4.68 Å². The second-order valence-corrected chi connectivity index (χ2v) is 6.22. The van der Waals surface area contributed by atoms with E-state index in [1.807, 2.05) is 9.80 Å². The normalized spacial score (nSPS) is 18.3. The van der Waals surface area contributed by atoms with Crippen LogP contribution in [0.2, 0.25) is 0 Å². The van der Waals surface area contributed by atoms with E-state index in [9.17, 15) is 9.59 Å². The standard InChI is InChI=1S/C16H24N4O3/c1-18-15(23-12-14(21)19-7-3-2-4-8-19)11-13(17-18)16(22)20-9-5-6-10-20/h11H,2-10,12H2,1H3. The van der Waals surface area contributed by atoms with Crippen molar-refractivity contribution in [3.05, 3.63) is 11.8 Å². The maximum atomic E-state index is 12.3. The molecule has 7 nitrogen and oxygen atoms in total. The molecule has 0 unspecified atom stereocenters. The summed E-state index contributed by atoms with van der Waals surface area (Å²) in [5, 5.41) is 4.22. The molecular formula is C16H24N4O3. The predicted molar refractivity (Wildman–Crippen MR) is 84.3 cm³/mol. The zero-order valence-corrected chi connectivity index (χ0v) is 13.7. The number of hydrogen-bond donors (Lipinski definition) is 0. The van der Waals surface area contributed by atoms with Gasteiger partial charge in [0, 0.05) is 39.3 Å². The molecule has 1 aromatic rings. The molecule has 1 aromatic heterocycles. The molecule has 2 saturated heterocycles. The number of aromatic nitrogens is 2. The van der Waals surface area contributed by atoms with E-state index in [4.69, 9.17) is 4.74 Å². The molecule has 0 N–H and O–H groups in total. The van der Waals surface area contributed by atoms with E-state index in [1.54, 1.807) is 13.1 Å². The van der Waals surface area contributed by atoms with Gasteiger partial charge in [-0.3, -0.25) is 9.59 Å². The van der Waals surface area contributed by atoms with E-state index in [0.717, 1.165) is 51.9 Å². The van der Waals surface area contributed by atoms with Crippen LogP contribution in [0.15, 0.2) is 6.07 Å². The highest BCUT2D eigenvalue weighted by Gasteiger charge is 2.23. The van der Waals surface area contributed by atoms with Gasteiger partial charge in [-0.1, -0.05) is 0 Å². The lowest BCUT2D eigenvalue weighted by molar-refractivity contribution is -0.134. The molecule has 0 spiro atoms. The van der Waals surface area contributed by atoms with Crippen molar-refractivity contribution in [1.29, 1.82) is 0 Å². The van der Waals surface area contributed by atoms with Gasteiger partial charge < -0.3 is 14.5 Å². The molecule has 3 heterocycles. The highest BCUT2D eigenvalue weighted by Crippen LogP contribution is 2.17. The van der Waals surface area contributed by atoms with Crippen LogP contribution >= 0.6 is 0 Å². The van der Waals surface area contributed by atoms with Gasteiger partial charge in [-0.05, 0) is 32.1 Å². The molecule has 2 aliphatic heterocycles. The molecule has 126 valence electrons. The number of nitrogens with zero attached hydrogens (tertiary/aromatic N) is 4. The van der Waals surface area contributed by atoms with Gasteiger partial charge in [0.2, 0.25) is 5.88 Å². The summed E-state index contributed by atoms with van der Waals surface area (Å²) in [6.07, 6.45) is 5.41. The van der Waals surface area contributed by atoms with E-state index >= 15 is 0 Å². The lowest BCUT2D eigenvalue weighted by atomic mass is 10.1. The predicted octanol–water partition coefficient (Wildman–Crippen LogP) is 1.05. The first kappa shape index (κ1) is 15.8. The molecule has 3 rings (SSSR count). The van der Waals surface area contributed by atoms with Gasteiger partial charge in [0.15, 0.2) is 12.3 Å². The Morgan fingerprint density at radius 2 is 1.65 bits per heavy atom. The second kappa shape index (κ2) is 7.02. The van der Waals surface area contributed by atoms with E-state index in [2.05, 4.69) is 5.10 Å². The van der Waals surface area contributed by atoms with Crippen molar-refractivity contribution >= 4 is 11.8 Å². The highest BCUT2D eigenvalue weighted by molar-refractivity contribution is 5.92. The van der Waals surface area contributed by atoms with E-state index in [1.165, 1.54) is 11.1 Å². The Hall–Kier alpha value is -2.05. The van der Waals surface area contributed by atoms with Crippen molar-refractivity contribution < 1.29 is 14.3 Å². The Kier molecular flexibility index (Phi) is 4.83. The van der Waals surface area contributed by atoms with Gasteiger partial charge in [-0.2, -0.15) is 5.10 Å². The maximum absolute atomic E-state index is 12.3. The third-order valence-corrected chi connectivity index (χ3v) is 4.50. The fourth-order valence-electron chi connectivity index (χ4n) is 3.14. The maximum Gasteiger partial charge on any atom is 0.274 e. The molecule has 0 aromatic carbocycles. The van der Waals surface area contributed by atoms with Crippen LogP contribution in [-0.2, 0) is 11.8 Å². The second-order valence-electron chi connectivity index (χ2n) is 6.22. The van der Waals surface area contributed by atoms with Crippen molar-refractivity contribution in [1.82, 2.24) is 19.6 Å². The quantitative estimate of drug-likeness (QED) is 0.831. The first-order valence-electron chi connectivity index (χ1n) is 8.39. The minimum atomic E-state index is -0.0599. The molecule has 0 atom stereocenters. The Balaban J connectivity index is 1.57. The summed E-state index contributed by atoms with van der Waals surface area (Å²) in [5.41, 5.74) is 0.384. The Labute approximate surface area is 136 Å². The number of piperidine rings is 1. The first-order valence-corrected chi connectivity index (χ1v) is 8.39. The van der Waals surface area contributed by atoms with Crippen molar-refractivity contribution in [2.24, 2.45) is 7.05 Å². The zero-order chi connectivity index (χ0) is 16.2. The Morgan fingerprint density at radius 1 is 1.04 bits per heavy atom. The van der Waals surface area contributed by atoms with Gasteiger partial charge >= 0.3 is 0 Å². The number of ether oxygens (including phenoxy) is 1. The Bertz CT molecular complexity index is 572. The van der Waals surface area contributed by atoms with Crippen LogP contribution in [0.3, 0.4) is 0 Å². The lowest BCUT2D eigenvalue weighted by Gasteiger charge is -2.26. The summed E-state index contributed by atoms with van der Waals surface area (Å²) < 4.78 is 7.10. The fraction of sp³-hybridized carbons (Fsp3) is 0.688. The van der Waals surface area contributed by atoms with Gasteiger partial charge in [0.1, 0.15) is 0 Å². The number of carbonyl (C=O) groups excluding carboxylic acids is 2. The summed E-state index contributed by atoms with van der Waals surface area (Å²) in [4.78, 5) is 28.1. The fourth-order valence-corrected chi connectivity index (χ4v) is 3.14. The highest BCUT2D eigenvalue weighted by atomic mass is 16.5. The number of likely N-dealkylation sites (tertiary alicyclic amines) is 2. The van der Waals surface area contributed by atoms with Crippen LogP contribution in [0.5, 0.6) is 5.88 Å². The summed E-state index contributed by atoms with van der Waals surface area (Å²) in [7, 11) is 1.72. The number of rotatable bonds is 4. The topological polar surface area (TPSA) is 67.7 Å². The van der Waals surface area contributed by atoms with Crippen molar-refractivity contribution in [3.8, 4) is 5.88 Å². The number of carbonyl (C=O) groups is 2. The summed E-state index contributed by atoms with van der Waals surface area (Å²) in [6, 6.07) is 1.63. The van der Waals surface area contributed by atoms with Crippen molar-refractivity contribution in [2.45, 2.75) is 32.1 Å². The third kappa shape index (κ3) is 3.65. The minimum Gasteiger partial charge on any atom is -0.468 e. The van der Waals surface area contributed by atoms with E-state index in [-0.39, 0.29) is 18.4 Å². The molecule has 23 heavy (non-hydrogen) atoms. The molecule has 2 aliphatic rings. The Morgan fingerprint density at radius 3 is 2.35 bits per heavy atom. The minimum absolute atomic E-state index is 0.00156. The SMILES string of the molecule is Cn1nc(C(=O)N2CCCC2)cc1OCC(=O)N1CCCCC1. The smallest absolute Gasteiger partial charge is 0.274 e. The zero-order valence-electron chi connectivity index (χ0n) is 13.7. The van der Waals surface area contributed by atoms with Crippen LogP contribution in [0.4, 0.5) is 0 Å². The summed E-state index contributed by atoms with van der Waals surface area (Å²) >= 11 is 0. The average molecular weight is 320 g/mol. The van der Waals surface area contributed by atoms with Gasteiger partial charge in [-0.15, -0.1) is 0 Å². The molecule has 0 radical (unpaired) electrons. The van der Waals surface area contributed by atoms with Crippen LogP contribution in [-0.4, -0.2) is 64.2 Å². The van der Waals surface area contributed by atoms with Crippen LogP contribution in [0.25, 0.3) is 0 Å². The molecular weight excluding hydrogens is 296 g/mol. The third-order valence-electron chi connectivity index (χ3n) is 4.50. The summed E-state index contributed by atoms with van der Waals surface area (Å²) in [6.45, 7) is 3.20. The molecule has 7 heteroatoms. The number of hydrogen-bond acceptors (Lipinski definition) is 4. The monoisotopic (exact) mass is 320 g/mol. The molecule has 2 amide bonds. The largest absolute Gasteiger partial charge is 0.468 e. The van der Waals surface area contributed by atoms with Crippen LogP contribution in [0.1, 0.15) is 42.6 Å².